The number of halogens is 1. The van der Waals surface area contributed by atoms with Crippen LogP contribution in [0.5, 0.6) is 0 Å². The van der Waals surface area contributed by atoms with Crippen LogP contribution in [0.1, 0.15) is 18.1 Å². The molecule has 64 valence electrons. The lowest BCUT2D eigenvalue weighted by molar-refractivity contribution is 0.623. The summed E-state index contributed by atoms with van der Waals surface area (Å²) in [6.45, 7) is 3.71. The predicted octanol–water partition coefficient (Wildman–Crippen LogP) is 3.42. The van der Waals surface area contributed by atoms with Crippen molar-refractivity contribution in [1.82, 2.24) is 0 Å². The van der Waals surface area contributed by atoms with Crippen LogP contribution in [0.4, 0.5) is 4.39 Å². The lowest BCUT2D eigenvalue weighted by Gasteiger charge is -2.01. The molecule has 0 N–H and O–H groups in total. The van der Waals surface area contributed by atoms with Gasteiger partial charge < -0.3 is 0 Å². The second-order valence-electron chi connectivity index (χ2n) is 2.76. The number of hydrogen-bond acceptors (Lipinski definition) is 1. The molecule has 1 rings (SSSR count). The van der Waals surface area contributed by atoms with Crippen molar-refractivity contribution < 1.29 is 4.39 Å². The van der Waals surface area contributed by atoms with Crippen molar-refractivity contribution in [2.45, 2.75) is 13.8 Å². The fourth-order valence-corrected chi connectivity index (χ4v) is 1.17. The summed E-state index contributed by atoms with van der Waals surface area (Å²) in [6.07, 6.45) is 1.73. The van der Waals surface area contributed by atoms with Crippen molar-refractivity contribution >= 4 is 18.7 Å². The van der Waals surface area contributed by atoms with Gasteiger partial charge in [-0.3, -0.25) is 0 Å². The van der Waals surface area contributed by atoms with Crippen LogP contribution in [-0.2, 0) is 0 Å². The lowest BCUT2D eigenvalue weighted by Crippen LogP contribution is -1.86. The number of rotatable bonds is 1. The summed E-state index contributed by atoms with van der Waals surface area (Å²) in [4.78, 5) is 0.809. The highest BCUT2D eigenvalue weighted by Crippen LogP contribution is 2.17. The number of allylic oxidation sites excluding steroid dienone is 1. The molecule has 0 aliphatic heterocycles. The molecule has 0 spiro atoms. The molecule has 0 radical (unpaired) electrons. The quantitative estimate of drug-likeness (QED) is 0.632. The van der Waals surface area contributed by atoms with E-state index < -0.39 is 0 Å². The Morgan fingerprint density at radius 2 is 2.17 bits per heavy atom. The first-order chi connectivity index (χ1) is 5.61. The van der Waals surface area contributed by atoms with Crippen LogP contribution in [0.15, 0.2) is 23.1 Å². The predicted molar refractivity (Wildman–Crippen MR) is 53.8 cm³/mol. The Labute approximate surface area is 77.5 Å². The Kier molecular flexibility index (Phi) is 2.93. The monoisotopic (exact) mass is 182 g/mol. The molecular weight excluding hydrogens is 171 g/mol. The van der Waals surface area contributed by atoms with Gasteiger partial charge in [-0.25, -0.2) is 4.39 Å². The van der Waals surface area contributed by atoms with E-state index in [1.165, 1.54) is 6.07 Å². The molecule has 0 unspecified atom stereocenters. The largest absolute Gasteiger partial charge is 0.206 e. The van der Waals surface area contributed by atoms with E-state index in [0.717, 1.165) is 10.5 Å². The van der Waals surface area contributed by atoms with E-state index >= 15 is 0 Å². The van der Waals surface area contributed by atoms with Crippen molar-refractivity contribution in [1.29, 1.82) is 0 Å². The molecule has 12 heavy (non-hydrogen) atoms. The van der Waals surface area contributed by atoms with E-state index in [4.69, 9.17) is 0 Å². The van der Waals surface area contributed by atoms with E-state index in [1.54, 1.807) is 12.1 Å². The summed E-state index contributed by atoms with van der Waals surface area (Å²) in [5.41, 5.74) is 1.56. The number of benzene rings is 1. The van der Waals surface area contributed by atoms with Gasteiger partial charge in [0.05, 0.1) is 0 Å². The van der Waals surface area contributed by atoms with Crippen LogP contribution in [0.25, 0.3) is 6.08 Å². The highest BCUT2D eigenvalue weighted by atomic mass is 32.1. The van der Waals surface area contributed by atoms with Gasteiger partial charge in [0.25, 0.3) is 0 Å². The second kappa shape index (κ2) is 3.76. The SMILES string of the molecule is C/C(S)=C/c1c(C)cccc1F. The normalized spacial score (nSPS) is 11.8. The van der Waals surface area contributed by atoms with E-state index in [-0.39, 0.29) is 5.82 Å². The smallest absolute Gasteiger partial charge is 0.130 e. The molecule has 0 atom stereocenters. The van der Waals surface area contributed by atoms with Crippen LogP contribution in [-0.4, -0.2) is 0 Å². The molecular formula is C10H11FS. The maximum Gasteiger partial charge on any atom is 0.130 e. The van der Waals surface area contributed by atoms with Crippen molar-refractivity contribution in [3.8, 4) is 0 Å². The molecule has 1 aromatic carbocycles. The fourth-order valence-electron chi connectivity index (χ4n) is 1.04. The molecule has 0 amide bonds. The van der Waals surface area contributed by atoms with Gasteiger partial charge >= 0.3 is 0 Å². The summed E-state index contributed by atoms with van der Waals surface area (Å²) in [7, 11) is 0. The zero-order chi connectivity index (χ0) is 9.14. The van der Waals surface area contributed by atoms with Gasteiger partial charge in [0.15, 0.2) is 0 Å². The standard InChI is InChI=1S/C10H11FS/c1-7-4-3-5-10(11)9(7)6-8(2)12/h3-6,12H,1-2H3/b8-6-. The average Bonchev–Trinajstić information content (AvgIpc) is 1.97. The third kappa shape index (κ3) is 2.11. The minimum atomic E-state index is -0.191. The van der Waals surface area contributed by atoms with Crippen molar-refractivity contribution in [3.05, 3.63) is 40.0 Å². The van der Waals surface area contributed by atoms with Gasteiger partial charge in [-0.15, -0.1) is 12.6 Å². The Morgan fingerprint density at radius 3 is 2.67 bits per heavy atom. The van der Waals surface area contributed by atoms with Gasteiger partial charge in [-0.1, -0.05) is 12.1 Å². The Morgan fingerprint density at radius 1 is 1.50 bits per heavy atom. The van der Waals surface area contributed by atoms with Crippen molar-refractivity contribution in [2.75, 3.05) is 0 Å². The van der Waals surface area contributed by atoms with Crippen LogP contribution in [0, 0.1) is 12.7 Å². The highest BCUT2D eigenvalue weighted by Gasteiger charge is 2.00. The molecule has 0 aliphatic rings. The molecule has 0 bridgehead atoms. The summed E-state index contributed by atoms with van der Waals surface area (Å²) < 4.78 is 13.1. The lowest BCUT2D eigenvalue weighted by atomic mass is 10.1. The third-order valence-corrected chi connectivity index (χ3v) is 1.75. The Bertz CT molecular complexity index is 291. The molecule has 0 saturated carbocycles. The summed E-state index contributed by atoms with van der Waals surface area (Å²) in [6, 6.07) is 5.04. The molecule has 0 saturated heterocycles. The maximum absolute atomic E-state index is 13.1. The first-order valence-corrected chi connectivity index (χ1v) is 4.18. The second-order valence-corrected chi connectivity index (χ2v) is 3.46. The van der Waals surface area contributed by atoms with Crippen LogP contribution in [0.3, 0.4) is 0 Å². The minimum absolute atomic E-state index is 0.191. The molecule has 1 aromatic rings. The van der Waals surface area contributed by atoms with Crippen LogP contribution < -0.4 is 0 Å². The van der Waals surface area contributed by atoms with E-state index in [0.29, 0.717) is 5.56 Å². The van der Waals surface area contributed by atoms with Crippen molar-refractivity contribution in [3.63, 3.8) is 0 Å². The zero-order valence-corrected chi connectivity index (χ0v) is 8.03. The van der Waals surface area contributed by atoms with E-state index in [1.807, 2.05) is 19.9 Å². The molecule has 0 fully saturated rings. The Hall–Kier alpha value is -0.760. The van der Waals surface area contributed by atoms with Gasteiger partial charge in [0.1, 0.15) is 5.82 Å². The third-order valence-electron chi connectivity index (χ3n) is 1.62. The Balaban J connectivity index is 3.22. The molecule has 2 heteroatoms. The van der Waals surface area contributed by atoms with Gasteiger partial charge in [0, 0.05) is 5.56 Å². The summed E-state index contributed by atoms with van der Waals surface area (Å²) in [5, 5.41) is 0. The van der Waals surface area contributed by atoms with Crippen LogP contribution in [0.2, 0.25) is 0 Å². The molecule has 0 nitrogen and oxygen atoms in total. The average molecular weight is 182 g/mol. The van der Waals surface area contributed by atoms with Crippen LogP contribution >= 0.6 is 12.6 Å². The van der Waals surface area contributed by atoms with E-state index in [9.17, 15) is 4.39 Å². The maximum atomic E-state index is 13.1. The highest BCUT2D eigenvalue weighted by molar-refractivity contribution is 7.84. The topological polar surface area (TPSA) is 0 Å². The van der Waals surface area contributed by atoms with Gasteiger partial charge in [0.2, 0.25) is 0 Å². The molecule has 0 aromatic heterocycles. The minimum Gasteiger partial charge on any atom is -0.206 e. The van der Waals surface area contributed by atoms with Gasteiger partial charge in [-0.2, -0.15) is 0 Å². The number of hydrogen-bond donors (Lipinski definition) is 1. The number of thiol groups is 1. The summed E-state index contributed by atoms with van der Waals surface area (Å²) >= 11 is 4.10. The first kappa shape index (κ1) is 9.33. The summed E-state index contributed by atoms with van der Waals surface area (Å²) in [5.74, 6) is -0.191. The molecule has 0 aliphatic carbocycles. The first-order valence-electron chi connectivity index (χ1n) is 3.73. The number of aryl methyl sites for hydroxylation is 1. The fraction of sp³-hybridized carbons (Fsp3) is 0.200. The van der Waals surface area contributed by atoms with Gasteiger partial charge in [-0.05, 0) is 36.5 Å². The van der Waals surface area contributed by atoms with E-state index in [2.05, 4.69) is 12.6 Å². The zero-order valence-electron chi connectivity index (χ0n) is 7.13. The molecule has 0 heterocycles. The van der Waals surface area contributed by atoms with Crippen molar-refractivity contribution in [2.24, 2.45) is 0 Å².